The normalized spacial score (nSPS) is 12.6. The molecule has 258 valence electrons. The number of nitrogens with zero attached hydrogens (tertiary/aromatic N) is 3. The third-order valence-corrected chi connectivity index (χ3v) is 9.24. The summed E-state index contributed by atoms with van der Waals surface area (Å²) in [6, 6.07) is 27.1. The van der Waals surface area contributed by atoms with Gasteiger partial charge in [-0.2, -0.15) is 0 Å². The molecule has 6 nitrogen and oxygen atoms in total. The fourth-order valence-electron chi connectivity index (χ4n) is 6.33. The molecule has 0 saturated heterocycles. The van der Waals surface area contributed by atoms with Crippen molar-refractivity contribution in [2.45, 2.75) is 38.3 Å². The van der Waals surface area contributed by atoms with Crippen molar-refractivity contribution in [3.05, 3.63) is 166 Å². The molecule has 1 saturated carbocycles. The van der Waals surface area contributed by atoms with Crippen molar-refractivity contribution in [1.82, 2.24) is 14.1 Å². The minimum Gasteiger partial charge on any atom is -0.465 e. The molecule has 0 aliphatic heterocycles. The fourth-order valence-corrected chi connectivity index (χ4v) is 6.33. The quantitative estimate of drug-likeness (QED) is 0.0981. The highest BCUT2D eigenvalue weighted by Crippen LogP contribution is 2.40. The van der Waals surface area contributed by atoms with E-state index in [4.69, 9.17) is 10.5 Å². The maximum atomic E-state index is 15.4. The van der Waals surface area contributed by atoms with Crippen LogP contribution in [0.25, 0.3) is 21.8 Å². The maximum Gasteiger partial charge on any atom is 0.339 e. The van der Waals surface area contributed by atoms with Gasteiger partial charge in [-0.05, 0) is 59.7 Å². The van der Waals surface area contributed by atoms with E-state index in [1.165, 1.54) is 19.2 Å². The lowest BCUT2D eigenvalue weighted by atomic mass is 10.0. The molecule has 51 heavy (non-hydrogen) atoms. The zero-order valence-electron chi connectivity index (χ0n) is 27.8. The van der Waals surface area contributed by atoms with Crippen LogP contribution in [0, 0.1) is 23.3 Å². The van der Waals surface area contributed by atoms with Crippen LogP contribution in [0.3, 0.4) is 0 Å². The number of methoxy groups -OCH3 is 1. The monoisotopic (exact) mass is 690 g/mol. The first-order chi connectivity index (χ1) is 24.7. The van der Waals surface area contributed by atoms with Gasteiger partial charge < -0.3 is 19.6 Å². The first-order valence-corrected chi connectivity index (χ1v) is 16.5. The minimum absolute atomic E-state index is 0.105. The van der Waals surface area contributed by atoms with Crippen molar-refractivity contribution in [3.63, 3.8) is 0 Å². The third-order valence-electron chi connectivity index (χ3n) is 9.24. The summed E-state index contributed by atoms with van der Waals surface area (Å²) in [5, 5.41) is 0.682. The van der Waals surface area contributed by atoms with Gasteiger partial charge in [-0.3, -0.25) is 4.98 Å². The van der Waals surface area contributed by atoms with E-state index in [0.717, 1.165) is 29.5 Å². The third kappa shape index (κ3) is 6.94. The number of benzene rings is 4. The molecule has 8 rings (SSSR count). The summed E-state index contributed by atoms with van der Waals surface area (Å²) < 4.78 is 66.4. The zero-order valence-corrected chi connectivity index (χ0v) is 27.8. The van der Waals surface area contributed by atoms with Crippen LogP contribution in [0.5, 0.6) is 0 Å². The number of rotatable bonds is 8. The van der Waals surface area contributed by atoms with E-state index >= 15 is 8.78 Å². The van der Waals surface area contributed by atoms with E-state index < -0.39 is 34.9 Å². The van der Waals surface area contributed by atoms with Crippen LogP contribution in [-0.4, -0.2) is 27.2 Å². The number of fused-ring (bicyclic) bond motifs is 2. The topological polar surface area (TPSA) is 75.1 Å². The molecule has 0 amide bonds. The molecule has 4 aromatic carbocycles. The van der Waals surface area contributed by atoms with Crippen molar-refractivity contribution in [3.8, 4) is 0 Å². The Morgan fingerprint density at radius 3 is 1.88 bits per heavy atom. The van der Waals surface area contributed by atoms with Crippen LogP contribution in [0.1, 0.15) is 57.1 Å². The molecule has 0 atom stereocenters. The average Bonchev–Trinajstić information content (AvgIpc) is 3.82. The summed E-state index contributed by atoms with van der Waals surface area (Å²) in [6.45, 7) is 1.08. The largest absolute Gasteiger partial charge is 0.465 e. The van der Waals surface area contributed by atoms with E-state index in [1.807, 2.05) is 65.2 Å². The second-order valence-electron chi connectivity index (χ2n) is 12.7. The molecule has 0 unspecified atom stereocenters. The maximum absolute atomic E-state index is 15.4. The first-order valence-electron chi connectivity index (χ1n) is 16.5. The van der Waals surface area contributed by atoms with Crippen LogP contribution in [0.15, 0.2) is 110 Å². The first kappa shape index (κ1) is 33.6. The van der Waals surface area contributed by atoms with Gasteiger partial charge in [0.2, 0.25) is 0 Å². The Labute approximate surface area is 291 Å². The van der Waals surface area contributed by atoms with Gasteiger partial charge in [0.25, 0.3) is 0 Å². The number of nitrogens with two attached hydrogens (primary N) is 1. The van der Waals surface area contributed by atoms with Gasteiger partial charge in [-0.15, -0.1) is 0 Å². The molecule has 10 heteroatoms. The lowest BCUT2D eigenvalue weighted by Crippen LogP contribution is -2.11. The molecule has 1 fully saturated rings. The highest BCUT2D eigenvalue weighted by atomic mass is 19.1. The Hall–Kier alpha value is -5.90. The number of anilines is 1. The Kier molecular flexibility index (Phi) is 9.32. The Balaban J connectivity index is 0.000000182. The number of pyridine rings is 1. The van der Waals surface area contributed by atoms with Crippen molar-refractivity contribution >= 4 is 33.5 Å². The van der Waals surface area contributed by atoms with Crippen LogP contribution >= 0.6 is 0 Å². The molecule has 1 aliphatic carbocycles. The summed E-state index contributed by atoms with van der Waals surface area (Å²) in [5.74, 6) is -2.86. The lowest BCUT2D eigenvalue weighted by Gasteiger charge is -2.12. The number of hydrogen-bond donors (Lipinski definition) is 1. The molecule has 0 bridgehead atoms. The SMILES string of the molecule is COC(=O)c1cc(C2CC2)cnc1Cc1c(F)cc2c(ccn2Cc2ccccc2)c1F.Nc1c(F)cc2c(ccn2Cc2ccccc2)c1F. The molecule has 2 N–H and O–H groups in total. The molecule has 3 aromatic heterocycles. The summed E-state index contributed by atoms with van der Waals surface area (Å²) in [4.78, 5) is 16.7. The summed E-state index contributed by atoms with van der Waals surface area (Å²) in [7, 11) is 1.29. The van der Waals surface area contributed by atoms with Crippen LogP contribution in [0.2, 0.25) is 0 Å². The van der Waals surface area contributed by atoms with Crippen LogP contribution in [0.4, 0.5) is 23.2 Å². The number of aromatic nitrogens is 3. The zero-order chi connectivity index (χ0) is 35.6. The van der Waals surface area contributed by atoms with E-state index in [-0.39, 0.29) is 17.5 Å². The van der Waals surface area contributed by atoms with Gasteiger partial charge in [0.15, 0.2) is 11.6 Å². The predicted octanol–water partition coefficient (Wildman–Crippen LogP) is 9.17. The Morgan fingerprint density at radius 2 is 1.33 bits per heavy atom. The minimum atomic E-state index is -0.724. The van der Waals surface area contributed by atoms with Gasteiger partial charge in [-0.1, -0.05) is 60.7 Å². The summed E-state index contributed by atoms with van der Waals surface area (Å²) in [5.41, 5.74) is 9.45. The van der Waals surface area contributed by atoms with E-state index in [9.17, 15) is 13.6 Å². The van der Waals surface area contributed by atoms with Gasteiger partial charge in [0.05, 0.1) is 29.4 Å². The van der Waals surface area contributed by atoms with Crippen molar-refractivity contribution in [2.24, 2.45) is 0 Å². The number of hydrogen-bond acceptors (Lipinski definition) is 4. The standard InChI is InChI=1S/C26H22F2N2O2.C15H12F2N2/c1-32-26(31)21-11-18(17-7-8-17)14-29-23(21)12-20-22(27)13-24-19(25(20)28)9-10-30(24)15-16-5-3-2-4-6-16;16-12-8-13-11(14(17)15(12)18)6-7-19(13)9-10-4-2-1-3-5-10/h2-6,9-11,13-14,17H,7-8,12,15H2,1H3;1-8H,9,18H2. The van der Waals surface area contributed by atoms with Gasteiger partial charge in [0.1, 0.15) is 17.3 Å². The molecule has 0 spiro atoms. The Morgan fingerprint density at radius 1 is 0.784 bits per heavy atom. The molecular formula is C41H34F4N4O2. The van der Waals surface area contributed by atoms with Crippen LogP contribution in [-0.2, 0) is 24.2 Å². The number of carbonyl (C=O) groups is 1. The van der Waals surface area contributed by atoms with Gasteiger partial charge in [0, 0.05) is 60.5 Å². The average molecular weight is 691 g/mol. The van der Waals surface area contributed by atoms with Crippen molar-refractivity contribution in [2.75, 3.05) is 12.8 Å². The number of nitrogen functional groups attached to an aromatic ring is 1. The van der Waals surface area contributed by atoms with E-state index in [1.54, 1.807) is 41.4 Å². The number of ether oxygens (including phenoxy) is 1. The highest BCUT2D eigenvalue weighted by molar-refractivity contribution is 5.91. The molecule has 7 aromatic rings. The number of halogens is 4. The molecule has 0 radical (unpaired) electrons. The highest BCUT2D eigenvalue weighted by Gasteiger charge is 2.27. The fraction of sp³-hybridized carbons (Fsp3) is 0.171. The van der Waals surface area contributed by atoms with E-state index in [0.29, 0.717) is 46.5 Å². The summed E-state index contributed by atoms with van der Waals surface area (Å²) >= 11 is 0. The Bertz CT molecular complexity index is 2370. The smallest absolute Gasteiger partial charge is 0.339 e. The van der Waals surface area contributed by atoms with E-state index in [2.05, 4.69) is 4.98 Å². The number of esters is 1. The lowest BCUT2D eigenvalue weighted by molar-refractivity contribution is 0.0599. The second-order valence-corrected chi connectivity index (χ2v) is 12.7. The van der Waals surface area contributed by atoms with Gasteiger partial charge >= 0.3 is 5.97 Å². The van der Waals surface area contributed by atoms with Gasteiger partial charge in [-0.25, -0.2) is 22.4 Å². The summed E-state index contributed by atoms with van der Waals surface area (Å²) in [6.07, 6.45) is 7.17. The molecule has 3 heterocycles. The second kappa shape index (κ2) is 14.1. The van der Waals surface area contributed by atoms with Crippen LogP contribution < -0.4 is 5.73 Å². The number of carbonyl (C=O) groups excluding carboxylic acids is 1. The van der Waals surface area contributed by atoms with Crippen molar-refractivity contribution < 1.29 is 27.1 Å². The molecular weight excluding hydrogens is 656 g/mol. The molecule has 1 aliphatic rings. The van der Waals surface area contributed by atoms with Crippen molar-refractivity contribution in [1.29, 1.82) is 0 Å². The predicted molar refractivity (Wildman–Crippen MR) is 190 cm³/mol.